The number of halogens is 4. The van der Waals surface area contributed by atoms with Gasteiger partial charge in [-0.25, -0.2) is 8.78 Å². The van der Waals surface area contributed by atoms with Gasteiger partial charge in [-0.15, -0.1) is 0 Å². The summed E-state index contributed by atoms with van der Waals surface area (Å²) in [4.78, 5) is 14.3. The first kappa shape index (κ1) is 26.0. The minimum Gasteiger partial charge on any atom is -0.508 e. The van der Waals surface area contributed by atoms with Crippen molar-refractivity contribution in [1.29, 1.82) is 0 Å². The Morgan fingerprint density at radius 3 is 1.44 bits per heavy atom. The molecule has 3 nitrogen and oxygen atoms in total. The first-order valence-electron chi connectivity index (χ1n) is 11.2. The lowest BCUT2D eigenvalue weighted by Crippen LogP contribution is -2.25. The molecule has 4 aromatic carbocycles. The Labute approximate surface area is 224 Å². The van der Waals surface area contributed by atoms with Crippen molar-refractivity contribution in [1.82, 2.24) is 0 Å². The van der Waals surface area contributed by atoms with Crippen LogP contribution < -0.4 is 0 Å². The maximum Gasteiger partial charge on any atom is 0.148 e. The standard InChI is InChI=1S/C29H22Br2F2O3/c30-19-9-11-27(34)21(15-19)23(13-17-5-1-3-7-25(17)32)29(36)24(14-18-6-2-4-8-26(18)33)22-16-20(31)10-12-28(22)35/h1-12,15-16,23-24,34-35H,13-14H2. The molecule has 7 heteroatoms. The Hall–Kier alpha value is -3.03. The van der Waals surface area contributed by atoms with Gasteiger partial charge < -0.3 is 10.2 Å². The molecule has 0 aliphatic rings. The molecule has 0 fully saturated rings. The number of hydrogen-bond donors (Lipinski definition) is 2. The lowest BCUT2D eigenvalue weighted by Gasteiger charge is -2.25. The monoisotopic (exact) mass is 614 g/mol. The van der Waals surface area contributed by atoms with E-state index >= 15 is 0 Å². The highest BCUT2D eigenvalue weighted by atomic mass is 79.9. The number of Topliss-reactive ketones (excluding diaryl/α,β-unsaturated/α-hetero) is 1. The number of ketones is 1. The van der Waals surface area contributed by atoms with E-state index < -0.39 is 23.5 Å². The van der Waals surface area contributed by atoms with Crippen LogP contribution in [0.4, 0.5) is 8.78 Å². The van der Waals surface area contributed by atoms with Crippen LogP contribution in [0, 0.1) is 11.6 Å². The first-order valence-corrected chi connectivity index (χ1v) is 12.8. The second kappa shape index (κ2) is 11.4. The van der Waals surface area contributed by atoms with Gasteiger partial charge in [-0.2, -0.15) is 0 Å². The molecule has 36 heavy (non-hydrogen) atoms. The van der Waals surface area contributed by atoms with E-state index in [4.69, 9.17) is 0 Å². The molecular formula is C29H22Br2F2O3. The smallest absolute Gasteiger partial charge is 0.148 e. The third kappa shape index (κ3) is 5.85. The third-order valence-corrected chi connectivity index (χ3v) is 7.17. The van der Waals surface area contributed by atoms with Gasteiger partial charge in [-0.3, -0.25) is 4.79 Å². The summed E-state index contributed by atoms with van der Waals surface area (Å²) in [5.41, 5.74) is 1.23. The van der Waals surface area contributed by atoms with Crippen LogP contribution in [0.1, 0.15) is 34.1 Å². The van der Waals surface area contributed by atoms with Crippen LogP contribution in [0.25, 0.3) is 0 Å². The van der Waals surface area contributed by atoms with Gasteiger partial charge in [0, 0.05) is 20.1 Å². The van der Waals surface area contributed by atoms with E-state index in [2.05, 4.69) is 31.9 Å². The number of benzene rings is 4. The molecule has 0 heterocycles. The van der Waals surface area contributed by atoms with Crippen LogP contribution in [-0.2, 0) is 17.6 Å². The second-order valence-electron chi connectivity index (χ2n) is 8.50. The molecule has 184 valence electrons. The van der Waals surface area contributed by atoms with Crippen molar-refractivity contribution in [3.8, 4) is 11.5 Å². The summed E-state index contributed by atoms with van der Waals surface area (Å²) < 4.78 is 30.6. The number of phenolic OH excluding ortho intramolecular Hbond substituents is 2. The van der Waals surface area contributed by atoms with Crippen molar-refractivity contribution in [3.05, 3.63) is 128 Å². The number of carbonyl (C=O) groups is 1. The van der Waals surface area contributed by atoms with Crippen molar-refractivity contribution < 1.29 is 23.8 Å². The zero-order valence-corrected chi connectivity index (χ0v) is 22.1. The molecule has 0 aromatic heterocycles. The first-order chi connectivity index (χ1) is 17.2. The molecule has 0 saturated heterocycles. The number of hydrogen-bond acceptors (Lipinski definition) is 3. The number of phenols is 2. The normalized spacial score (nSPS) is 12.8. The molecule has 0 aliphatic carbocycles. The minimum absolute atomic E-state index is 0.0297. The van der Waals surface area contributed by atoms with E-state index in [-0.39, 0.29) is 30.1 Å². The predicted molar refractivity (Wildman–Crippen MR) is 142 cm³/mol. The van der Waals surface area contributed by atoms with Crippen molar-refractivity contribution in [2.75, 3.05) is 0 Å². The van der Waals surface area contributed by atoms with Gasteiger partial charge in [-0.1, -0.05) is 68.3 Å². The number of carbonyl (C=O) groups excluding carboxylic acids is 1. The molecule has 2 N–H and O–H groups in total. The predicted octanol–water partition coefficient (Wildman–Crippen LogP) is 7.82. The average molecular weight is 616 g/mol. The largest absolute Gasteiger partial charge is 0.508 e. The summed E-state index contributed by atoms with van der Waals surface area (Å²) in [5, 5.41) is 21.4. The summed E-state index contributed by atoms with van der Waals surface area (Å²) in [6, 6.07) is 21.7. The molecule has 0 amide bonds. The quantitative estimate of drug-likeness (QED) is 0.212. The summed E-state index contributed by atoms with van der Waals surface area (Å²) >= 11 is 6.78. The second-order valence-corrected chi connectivity index (χ2v) is 10.3. The summed E-state index contributed by atoms with van der Waals surface area (Å²) in [6.07, 6.45) is -0.0594. The fourth-order valence-electron chi connectivity index (χ4n) is 4.35. The Kier molecular flexibility index (Phi) is 8.21. The summed E-state index contributed by atoms with van der Waals surface area (Å²) in [6.45, 7) is 0. The number of aromatic hydroxyl groups is 2. The molecule has 0 radical (unpaired) electrons. The lowest BCUT2D eigenvalue weighted by molar-refractivity contribution is -0.122. The molecule has 0 saturated carbocycles. The van der Waals surface area contributed by atoms with Crippen LogP contribution in [-0.4, -0.2) is 16.0 Å². The van der Waals surface area contributed by atoms with E-state index in [1.165, 1.54) is 24.3 Å². The van der Waals surface area contributed by atoms with Crippen molar-refractivity contribution in [2.24, 2.45) is 0 Å². The molecule has 2 unspecified atom stereocenters. The molecular weight excluding hydrogens is 594 g/mol. The van der Waals surface area contributed by atoms with Gasteiger partial charge in [0.05, 0.1) is 11.8 Å². The van der Waals surface area contributed by atoms with Gasteiger partial charge in [0.15, 0.2) is 0 Å². The van der Waals surface area contributed by atoms with Crippen LogP contribution in [0.2, 0.25) is 0 Å². The van der Waals surface area contributed by atoms with Gasteiger partial charge in [0.1, 0.15) is 28.9 Å². The highest BCUT2D eigenvalue weighted by Crippen LogP contribution is 2.40. The van der Waals surface area contributed by atoms with E-state index in [9.17, 15) is 23.8 Å². The maximum absolute atomic E-state index is 14.7. The Morgan fingerprint density at radius 1 is 0.667 bits per heavy atom. The van der Waals surface area contributed by atoms with Crippen LogP contribution in [0.3, 0.4) is 0 Å². The topological polar surface area (TPSA) is 57.5 Å². The van der Waals surface area contributed by atoms with Gasteiger partial charge >= 0.3 is 0 Å². The summed E-state index contributed by atoms with van der Waals surface area (Å²) in [7, 11) is 0. The van der Waals surface area contributed by atoms with Gasteiger partial charge in [0.2, 0.25) is 0 Å². The minimum atomic E-state index is -0.977. The lowest BCUT2D eigenvalue weighted by atomic mass is 9.77. The SMILES string of the molecule is O=C(C(Cc1ccccc1F)c1cc(Br)ccc1O)C(Cc1ccccc1F)c1cc(Br)ccc1O. The maximum atomic E-state index is 14.7. The van der Waals surface area contributed by atoms with Crippen LogP contribution in [0.5, 0.6) is 11.5 Å². The Balaban J connectivity index is 1.87. The average Bonchev–Trinajstić information content (AvgIpc) is 2.86. The van der Waals surface area contributed by atoms with Gasteiger partial charge in [-0.05, 0) is 72.5 Å². The van der Waals surface area contributed by atoms with Crippen molar-refractivity contribution >= 4 is 37.6 Å². The van der Waals surface area contributed by atoms with E-state index in [0.29, 0.717) is 31.2 Å². The molecule has 0 spiro atoms. The van der Waals surface area contributed by atoms with Gasteiger partial charge in [0.25, 0.3) is 0 Å². The van der Waals surface area contributed by atoms with E-state index in [0.717, 1.165) is 0 Å². The van der Waals surface area contributed by atoms with E-state index in [1.54, 1.807) is 60.7 Å². The zero-order valence-electron chi connectivity index (χ0n) is 19.0. The van der Waals surface area contributed by atoms with Crippen LogP contribution >= 0.6 is 31.9 Å². The highest BCUT2D eigenvalue weighted by Gasteiger charge is 2.34. The molecule has 4 rings (SSSR count). The summed E-state index contributed by atoms with van der Waals surface area (Å²) in [5.74, 6) is -3.51. The molecule has 4 aromatic rings. The Morgan fingerprint density at radius 2 is 1.06 bits per heavy atom. The third-order valence-electron chi connectivity index (χ3n) is 6.18. The molecule has 2 atom stereocenters. The fourth-order valence-corrected chi connectivity index (χ4v) is 5.10. The van der Waals surface area contributed by atoms with E-state index in [1.807, 2.05) is 0 Å². The highest BCUT2D eigenvalue weighted by molar-refractivity contribution is 9.10. The van der Waals surface area contributed by atoms with Crippen molar-refractivity contribution in [3.63, 3.8) is 0 Å². The number of rotatable bonds is 8. The fraction of sp³-hybridized carbons (Fsp3) is 0.138. The Bertz CT molecular complexity index is 1300. The molecule has 0 bridgehead atoms. The zero-order chi connectivity index (χ0) is 25.8. The van der Waals surface area contributed by atoms with Crippen LogP contribution in [0.15, 0.2) is 93.9 Å². The molecule has 0 aliphatic heterocycles. The van der Waals surface area contributed by atoms with Crippen molar-refractivity contribution in [2.45, 2.75) is 24.7 Å².